The highest BCUT2D eigenvalue weighted by Crippen LogP contribution is 2.22. The highest BCUT2D eigenvalue weighted by atomic mass is 16.6. The van der Waals surface area contributed by atoms with E-state index in [9.17, 15) is 29.8 Å². The molecule has 0 radical (unpaired) electrons. The third kappa shape index (κ3) is 6.26. The van der Waals surface area contributed by atoms with Gasteiger partial charge in [-0.15, -0.1) is 0 Å². The number of rotatable bonds is 8. The molecule has 0 aliphatic heterocycles. The molecule has 0 saturated heterocycles. The second-order valence-electron chi connectivity index (χ2n) is 6.72. The maximum absolute atomic E-state index is 12.2. The number of hydrogen-bond acceptors (Lipinski definition) is 7. The Morgan fingerprint density at radius 3 is 1.87 bits per heavy atom. The summed E-state index contributed by atoms with van der Waals surface area (Å²) in [6.45, 7) is 4.71. The lowest BCUT2D eigenvalue weighted by atomic mass is 10.1. The first-order chi connectivity index (χ1) is 14.2. The van der Waals surface area contributed by atoms with Crippen LogP contribution in [-0.2, 0) is 0 Å². The molecule has 0 atom stereocenters. The monoisotopic (exact) mass is 416 g/mol. The quantitative estimate of drug-likeness (QED) is 0.495. The molecule has 0 unspecified atom stereocenters. The van der Waals surface area contributed by atoms with Gasteiger partial charge in [-0.3, -0.25) is 40.7 Å². The van der Waals surface area contributed by atoms with Crippen LogP contribution in [0.4, 0.5) is 11.4 Å². The van der Waals surface area contributed by atoms with Crippen LogP contribution in [-0.4, -0.2) is 28.3 Å². The summed E-state index contributed by atoms with van der Waals surface area (Å²) in [6.07, 6.45) is 0.893. The van der Waals surface area contributed by atoms with Gasteiger partial charge in [0.15, 0.2) is 0 Å². The summed E-state index contributed by atoms with van der Waals surface area (Å²) in [6, 6.07) is 8.71. The molecule has 2 amide bonds. The molecule has 0 aliphatic carbocycles. The summed E-state index contributed by atoms with van der Waals surface area (Å²) < 4.78 is 5.56. The van der Waals surface area contributed by atoms with Gasteiger partial charge in [0.05, 0.1) is 28.1 Å². The summed E-state index contributed by atoms with van der Waals surface area (Å²) in [5.74, 6) is -0.480. The number of amides is 2. The van der Waals surface area contributed by atoms with Gasteiger partial charge in [0.25, 0.3) is 23.2 Å². The molecule has 11 nitrogen and oxygen atoms in total. The third-order valence-electron chi connectivity index (χ3n) is 3.96. The van der Waals surface area contributed by atoms with Crippen LogP contribution >= 0.6 is 0 Å². The Kier molecular flexibility index (Phi) is 7.39. The predicted molar refractivity (Wildman–Crippen MR) is 106 cm³/mol. The van der Waals surface area contributed by atoms with E-state index in [2.05, 4.69) is 24.7 Å². The van der Waals surface area contributed by atoms with Gasteiger partial charge in [-0.2, -0.15) is 0 Å². The normalized spacial score (nSPS) is 10.4. The Labute approximate surface area is 171 Å². The van der Waals surface area contributed by atoms with Crippen molar-refractivity contribution < 1.29 is 24.2 Å². The van der Waals surface area contributed by atoms with Crippen molar-refractivity contribution >= 4 is 23.2 Å². The fraction of sp³-hybridized carbons (Fsp3) is 0.263. The minimum absolute atomic E-state index is 0.233. The first-order valence-corrected chi connectivity index (χ1v) is 8.94. The number of nitro groups is 2. The number of carbonyl (C=O) groups is 2. The van der Waals surface area contributed by atoms with Crippen molar-refractivity contribution in [1.29, 1.82) is 0 Å². The average molecular weight is 416 g/mol. The Balaban J connectivity index is 2.00. The van der Waals surface area contributed by atoms with Crippen LogP contribution in [0.3, 0.4) is 0 Å². The predicted octanol–water partition coefficient (Wildman–Crippen LogP) is 3.00. The lowest BCUT2D eigenvalue weighted by molar-refractivity contribution is -0.394. The molecule has 30 heavy (non-hydrogen) atoms. The van der Waals surface area contributed by atoms with Gasteiger partial charge in [0.1, 0.15) is 5.75 Å². The van der Waals surface area contributed by atoms with Crippen LogP contribution in [0, 0.1) is 26.1 Å². The number of nitrogens with one attached hydrogen (secondary N) is 2. The van der Waals surface area contributed by atoms with Crippen molar-refractivity contribution in [3.8, 4) is 5.75 Å². The Bertz CT molecular complexity index is 926. The van der Waals surface area contributed by atoms with E-state index in [4.69, 9.17) is 4.74 Å². The Hall–Kier alpha value is -4.02. The minimum atomic E-state index is -0.941. The van der Waals surface area contributed by atoms with E-state index in [0.717, 1.165) is 24.6 Å². The number of hydrazine groups is 1. The lowest BCUT2D eigenvalue weighted by Crippen LogP contribution is -2.41. The number of nitrogens with zero attached hydrogens (tertiary/aromatic N) is 2. The van der Waals surface area contributed by atoms with Crippen LogP contribution in [0.5, 0.6) is 5.75 Å². The first-order valence-electron chi connectivity index (χ1n) is 8.94. The van der Waals surface area contributed by atoms with Crippen LogP contribution in [0.1, 0.15) is 41.0 Å². The molecule has 0 aliphatic rings. The van der Waals surface area contributed by atoms with E-state index in [1.807, 2.05) is 0 Å². The third-order valence-corrected chi connectivity index (χ3v) is 3.96. The maximum Gasteiger partial charge on any atom is 0.277 e. The molecular formula is C19H20N4O7. The largest absolute Gasteiger partial charge is 0.494 e. The zero-order valence-corrected chi connectivity index (χ0v) is 16.3. The molecular weight excluding hydrogens is 396 g/mol. The van der Waals surface area contributed by atoms with Crippen LogP contribution < -0.4 is 15.6 Å². The van der Waals surface area contributed by atoms with Crippen molar-refractivity contribution in [2.24, 2.45) is 5.92 Å². The molecule has 0 heterocycles. The molecule has 0 bridgehead atoms. The zero-order chi connectivity index (χ0) is 22.3. The molecule has 2 aromatic rings. The minimum Gasteiger partial charge on any atom is -0.494 e. The molecule has 158 valence electrons. The molecule has 11 heteroatoms. The van der Waals surface area contributed by atoms with Gasteiger partial charge >= 0.3 is 0 Å². The van der Waals surface area contributed by atoms with Crippen molar-refractivity contribution in [2.45, 2.75) is 20.3 Å². The molecule has 0 fully saturated rings. The van der Waals surface area contributed by atoms with Crippen molar-refractivity contribution in [3.05, 3.63) is 73.8 Å². The fourth-order valence-corrected chi connectivity index (χ4v) is 2.31. The van der Waals surface area contributed by atoms with E-state index in [1.54, 1.807) is 12.1 Å². The molecule has 2 N–H and O–H groups in total. The van der Waals surface area contributed by atoms with Crippen molar-refractivity contribution in [2.75, 3.05) is 6.61 Å². The smallest absolute Gasteiger partial charge is 0.277 e. The molecule has 2 aromatic carbocycles. The summed E-state index contributed by atoms with van der Waals surface area (Å²) in [5, 5.41) is 21.8. The maximum atomic E-state index is 12.2. The fourth-order valence-electron chi connectivity index (χ4n) is 2.31. The van der Waals surface area contributed by atoms with E-state index < -0.39 is 33.0 Å². The van der Waals surface area contributed by atoms with Crippen LogP contribution in [0.25, 0.3) is 0 Å². The highest BCUT2D eigenvalue weighted by molar-refractivity contribution is 5.99. The Morgan fingerprint density at radius 1 is 0.900 bits per heavy atom. The topological polar surface area (TPSA) is 154 Å². The van der Waals surface area contributed by atoms with Crippen molar-refractivity contribution in [3.63, 3.8) is 0 Å². The zero-order valence-electron chi connectivity index (χ0n) is 16.3. The molecule has 2 rings (SSSR count). The summed E-state index contributed by atoms with van der Waals surface area (Å²) in [5.41, 5.74) is 2.89. The van der Waals surface area contributed by atoms with Crippen LogP contribution in [0.2, 0.25) is 0 Å². The number of non-ortho nitro benzene ring substituents is 2. The second-order valence-corrected chi connectivity index (χ2v) is 6.72. The van der Waals surface area contributed by atoms with Gasteiger partial charge in [-0.05, 0) is 36.6 Å². The number of benzene rings is 2. The number of carbonyl (C=O) groups excluding carboxylic acids is 2. The van der Waals surface area contributed by atoms with Crippen LogP contribution in [0.15, 0.2) is 42.5 Å². The van der Waals surface area contributed by atoms with E-state index in [0.29, 0.717) is 18.3 Å². The summed E-state index contributed by atoms with van der Waals surface area (Å²) in [4.78, 5) is 44.4. The van der Waals surface area contributed by atoms with Gasteiger partial charge in [0.2, 0.25) is 0 Å². The standard InChI is InChI=1S/C19H20N4O7/c1-12(2)7-8-30-17-5-3-13(4-6-17)18(24)20-21-19(25)14-9-15(22(26)27)11-16(10-14)23(28)29/h3-6,9-12H,7-8H2,1-2H3,(H,20,24)(H,21,25). The first kappa shape index (κ1) is 22.3. The van der Waals surface area contributed by atoms with Gasteiger partial charge in [0, 0.05) is 17.7 Å². The number of ether oxygens (including phenoxy) is 1. The number of hydrogen-bond donors (Lipinski definition) is 2. The van der Waals surface area contributed by atoms with Crippen molar-refractivity contribution in [1.82, 2.24) is 10.9 Å². The summed E-state index contributed by atoms with van der Waals surface area (Å²) >= 11 is 0. The molecule has 0 aromatic heterocycles. The van der Waals surface area contributed by atoms with Gasteiger partial charge in [-0.1, -0.05) is 13.8 Å². The Morgan fingerprint density at radius 2 is 1.40 bits per heavy atom. The van der Waals surface area contributed by atoms with Gasteiger partial charge < -0.3 is 4.74 Å². The molecule has 0 saturated carbocycles. The van der Waals surface area contributed by atoms with Gasteiger partial charge in [-0.25, -0.2) is 0 Å². The summed E-state index contributed by atoms with van der Waals surface area (Å²) in [7, 11) is 0. The van der Waals surface area contributed by atoms with E-state index >= 15 is 0 Å². The average Bonchev–Trinajstić information content (AvgIpc) is 2.71. The number of nitro benzene ring substituents is 2. The van der Waals surface area contributed by atoms with E-state index in [-0.39, 0.29) is 11.1 Å². The lowest BCUT2D eigenvalue weighted by Gasteiger charge is -2.10. The highest BCUT2D eigenvalue weighted by Gasteiger charge is 2.20. The van der Waals surface area contributed by atoms with E-state index in [1.165, 1.54) is 12.1 Å². The second kappa shape index (κ2) is 9.96. The SMILES string of the molecule is CC(C)CCOc1ccc(C(=O)NNC(=O)c2cc([N+](=O)[O-])cc([N+](=O)[O-])c2)cc1. The molecule has 0 spiro atoms.